The van der Waals surface area contributed by atoms with Gasteiger partial charge in [-0.2, -0.15) is 0 Å². The van der Waals surface area contributed by atoms with E-state index in [0.29, 0.717) is 11.1 Å². The molecule has 0 aromatic carbocycles. The molecule has 0 unspecified atom stereocenters. The molecule has 4 heteroatoms. The van der Waals surface area contributed by atoms with Crippen molar-refractivity contribution < 1.29 is 9.90 Å². The molecule has 0 saturated carbocycles. The van der Waals surface area contributed by atoms with Crippen molar-refractivity contribution in [3.8, 4) is 10.4 Å². The number of aromatic nitrogens is 1. The van der Waals surface area contributed by atoms with Crippen LogP contribution < -0.4 is 0 Å². The minimum absolute atomic E-state index is 0.294. The zero-order chi connectivity index (χ0) is 9.97. The molecule has 0 atom stereocenters. The summed E-state index contributed by atoms with van der Waals surface area (Å²) in [6.45, 7) is 0. The van der Waals surface area contributed by atoms with Crippen LogP contribution in [0, 0.1) is 0 Å². The van der Waals surface area contributed by atoms with Gasteiger partial charge in [-0.05, 0) is 17.5 Å². The Morgan fingerprint density at radius 1 is 1.43 bits per heavy atom. The zero-order valence-electron chi connectivity index (χ0n) is 7.18. The molecule has 2 heterocycles. The van der Waals surface area contributed by atoms with E-state index in [4.69, 9.17) is 5.11 Å². The van der Waals surface area contributed by atoms with Crippen LogP contribution in [-0.4, -0.2) is 16.1 Å². The van der Waals surface area contributed by atoms with Crippen LogP contribution in [0.25, 0.3) is 10.4 Å². The van der Waals surface area contributed by atoms with Crippen LogP contribution >= 0.6 is 11.3 Å². The van der Waals surface area contributed by atoms with Crippen LogP contribution in [0.3, 0.4) is 0 Å². The summed E-state index contributed by atoms with van der Waals surface area (Å²) in [6.07, 6.45) is 3.07. The van der Waals surface area contributed by atoms with Gasteiger partial charge in [-0.15, -0.1) is 11.3 Å². The number of carboxylic acid groups (broad SMARTS) is 1. The minimum Gasteiger partial charge on any atom is -0.478 e. The smallest absolute Gasteiger partial charge is 0.336 e. The van der Waals surface area contributed by atoms with Crippen molar-refractivity contribution in [2.45, 2.75) is 0 Å². The van der Waals surface area contributed by atoms with Gasteiger partial charge in [0.1, 0.15) is 0 Å². The van der Waals surface area contributed by atoms with Crippen LogP contribution in [0.1, 0.15) is 10.4 Å². The van der Waals surface area contributed by atoms with Gasteiger partial charge in [0.05, 0.1) is 5.56 Å². The first-order valence-electron chi connectivity index (χ1n) is 4.00. The Labute approximate surface area is 84.7 Å². The van der Waals surface area contributed by atoms with Gasteiger partial charge in [0.2, 0.25) is 0 Å². The van der Waals surface area contributed by atoms with Gasteiger partial charge < -0.3 is 5.11 Å². The molecule has 14 heavy (non-hydrogen) atoms. The number of carboxylic acids is 1. The molecule has 70 valence electrons. The van der Waals surface area contributed by atoms with Gasteiger partial charge in [0, 0.05) is 22.8 Å². The largest absolute Gasteiger partial charge is 0.478 e. The summed E-state index contributed by atoms with van der Waals surface area (Å²) < 4.78 is 0. The van der Waals surface area contributed by atoms with Gasteiger partial charge in [0.15, 0.2) is 0 Å². The second-order valence-corrected chi connectivity index (χ2v) is 3.65. The molecule has 0 aliphatic heterocycles. The molecule has 3 nitrogen and oxygen atoms in total. The van der Waals surface area contributed by atoms with Crippen LogP contribution in [-0.2, 0) is 0 Å². The average Bonchev–Trinajstić information content (AvgIpc) is 2.70. The molecule has 0 radical (unpaired) electrons. The monoisotopic (exact) mass is 205 g/mol. The van der Waals surface area contributed by atoms with Crippen molar-refractivity contribution in [1.82, 2.24) is 4.98 Å². The molecular weight excluding hydrogens is 198 g/mol. The second-order valence-electron chi connectivity index (χ2n) is 2.70. The molecule has 2 rings (SSSR count). The highest BCUT2D eigenvalue weighted by molar-refractivity contribution is 7.13. The Balaban J connectivity index is 2.58. The third-order valence-corrected chi connectivity index (χ3v) is 2.74. The second kappa shape index (κ2) is 3.59. The van der Waals surface area contributed by atoms with Gasteiger partial charge in [-0.3, -0.25) is 4.98 Å². The lowest BCUT2D eigenvalue weighted by atomic mass is 10.1. The fourth-order valence-electron chi connectivity index (χ4n) is 1.21. The summed E-state index contributed by atoms with van der Waals surface area (Å²) in [5.74, 6) is -0.921. The lowest BCUT2D eigenvalue weighted by Crippen LogP contribution is -1.98. The molecule has 0 saturated heterocycles. The molecular formula is C10H7NO2S. The first-order valence-corrected chi connectivity index (χ1v) is 4.88. The van der Waals surface area contributed by atoms with Crippen molar-refractivity contribution in [3.05, 3.63) is 41.5 Å². The van der Waals surface area contributed by atoms with E-state index >= 15 is 0 Å². The Morgan fingerprint density at radius 3 is 2.93 bits per heavy atom. The number of hydrogen-bond acceptors (Lipinski definition) is 3. The van der Waals surface area contributed by atoms with Gasteiger partial charge >= 0.3 is 5.97 Å². The number of hydrogen-bond donors (Lipinski definition) is 1. The van der Waals surface area contributed by atoms with Crippen LogP contribution in [0.4, 0.5) is 0 Å². The van der Waals surface area contributed by atoms with Crippen molar-refractivity contribution >= 4 is 17.3 Å². The number of nitrogens with zero attached hydrogens (tertiary/aromatic N) is 1. The summed E-state index contributed by atoms with van der Waals surface area (Å²) in [6, 6.07) is 5.28. The molecule has 0 aliphatic rings. The van der Waals surface area contributed by atoms with Crippen LogP contribution in [0.2, 0.25) is 0 Å². The highest BCUT2D eigenvalue weighted by Gasteiger charge is 2.11. The van der Waals surface area contributed by atoms with E-state index in [1.54, 1.807) is 6.20 Å². The number of pyridine rings is 1. The standard InChI is InChI=1S/C10H7NO2S/c12-10(13)7-3-4-11-6-8(7)9-2-1-5-14-9/h1-6H,(H,12,13). The minimum atomic E-state index is -0.921. The number of carbonyl (C=O) groups is 1. The van der Waals surface area contributed by atoms with Crippen LogP contribution in [0.15, 0.2) is 36.0 Å². The maximum absolute atomic E-state index is 10.9. The molecule has 0 amide bonds. The van der Waals surface area contributed by atoms with Gasteiger partial charge in [0.25, 0.3) is 0 Å². The fourth-order valence-corrected chi connectivity index (χ4v) is 1.96. The van der Waals surface area contributed by atoms with Crippen molar-refractivity contribution in [2.75, 3.05) is 0 Å². The first kappa shape index (κ1) is 8.90. The third-order valence-electron chi connectivity index (χ3n) is 1.84. The normalized spacial score (nSPS) is 10.0. The van der Waals surface area contributed by atoms with Gasteiger partial charge in [-0.25, -0.2) is 4.79 Å². The summed E-state index contributed by atoms with van der Waals surface area (Å²) in [7, 11) is 0. The maximum Gasteiger partial charge on any atom is 0.336 e. The van der Waals surface area contributed by atoms with E-state index in [2.05, 4.69) is 4.98 Å². The fraction of sp³-hybridized carbons (Fsp3) is 0. The summed E-state index contributed by atoms with van der Waals surface area (Å²) >= 11 is 1.50. The number of aromatic carboxylic acids is 1. The Hall–Kier alpha value is -1.68. The highest BCUT2D eigenvalue weighted by Crippen LogP contribution is 2.26. The predicted octanol–water partition coefficient (Wildman–Crippen LogP) is 2.51. The topological polar surface area (TPSA) is 50.2 Å². The van der Waals surface area contributed by atoms with E-state index in [1.165, 1.54) is 23.6 Å². The number of rotatable bonds is 2. The lowest BCUT2D eigenvalue weighted by Gasteiger charge is -2.01. The van der Waals surface area contributed by atoms with E-state index in [9.17, 15) is 4.79 Å². The Kier molecular flexibility index (Phi) is 2.28. The Bertz CT molecular complexity index is 451. The van der Waals surface area contributed by atoms with E-state index in [-0.39, 0.29) is 0 Å². The SMILES string of the molecule is O=C(O)c1ccncc1-c1cccs1. The first-order chi connectivity index (χ1) is 6.79. The van der Waals surface area contributed by atoms with E-state index in [0.717, 1.165) is 4.88 Å². The Morgan fingerprint density at radius 2 is 2.29 bits per heavy atom. The van der Waals surface area contributed by atoms with Crippen molar-refractivity contribution in [3.63, 3.8) is 0 Å². The van der Waals surface area contributed by atoms with Crippen LogP contribution in [0.5, 0.6) is 0 Å². The number of thiophene rings is 1. The maximum atomic E-state index is 10.9. The summed E-state index contributed by atoms with van der Waals surface area (Å²) in [5.41, 5.74) is 0.970. The quantitative estimate of drug-likeness (QED) is 0.819. The molecule has 0 fully saturated rings. The predicted molar refractivity (Wildman–Crippen MR) is 54.5 cm³/mol. The molecule has 1 N–H and O–H groups in total. The average molecular weight is 205 g/mol. The highest BCUT2D eigenvalue weighted by atomic mass is 32.1. The van der Waals surface area contributed by atoms with Gasteiger partial charge in [-0.1, -0.05) is 6.07 Å². The molecule has 2 aromatic heterocycles. The molecule has 0 bridgehead atoms. The van der Waals surface area contributed by atoms with E-state index < -0.39 is 5.97 Å². The summed E-state index contributed by atoms with van der Waals surface area (Å²) in [5, 5.41) is 10.9. The van der Waals surface area contributed by atoms with E-state index in [1.807, 2.05) is 17.5 Å². The molecule has 0 spiro atoms. The van der Waals surface area contributed by atoms with Crippen molar-refractivity contribution in [1.29, 1.82) is 0 Å². The lowest BCUT2D eigenvalue weighted by molar-refractivity contribution is 0.0697. The molecule has 0 aliphatic carbocycles. The summed E-state index contributed by atoms with van der Waals surface area (Å²) in [4.78, 5) is 15.7. The third kappa shape index (κ3) is 1.52. The zero-order valence-corrected chi connectivity index (χ0v) is 7.99. The van der Waals surface area contributed by atoms with Crippen molar-refractivity contribution in [2.24, 2.45) is 0 Å². The molecule has 2 aromatic rings.